The fourth-order valence-corrected chi connectivity index (χ4v) is 0.969. The van der Waals surface area contributed by atoms with Crippen molar-refractivity contribution in [2.75, 3.05) is 6.54 Å². The first-order valence-electron chi connectivity index (χ1n) is 3.36. The lowest BCUT2D eigenvalue weighted by molar-refractivity contribution is 0.668. The van der Waals surface area contributed by atoms with E-state index >= 15 is 0 Å². The molecule has 0 fully saturated rings. The zero-order valence-electron chi connectivity index (χ0n) is 5.41. The molecule has 0 atom stereocenters. The molecule has 0 aromatic carbocycles. The first-order chi connectivity index (χ1) is 3.93. The molecule has 0 amide bonds. The molecule has 1 N–H and O–H groups in total. The van der Waals surface area contributed by atoms with Crippen LogP contribution in [0.4, 0.5) is 0 Å². The highest BCUT2D eigenvalue weighted by atomic mass is 14.9. The van der Waals surface area contributed by atoms with E-state index in [1.807, 2.05) is 0 Å². The lowest BCUT2D eigenvalue weighted by Crippen LogP contribution is -2.17. The number of hydrogen-bond acceptors (Lipinski definition) is 1. The number of nitrogens with one attached hydrogen (secondary N) is 1. The van der Waals surface area contributed by atoms with Crippen LogP contribution in [0.5, 0.6) is 0 Å². The van der Waals surface area contributed by atoms with Crippen LogP contribution >= 0.6 is 0 Å². The van der Waals surface area contributed by atoms with Crippen LogP contribution in [0, 0.1) is 0 Å². The fourth-order valence-electron chi connectivity index (χ4n) is 0.969. The summed E-state index contributed by atoms with van der Waals surface area (Å²) in [7, 11) is 0. The summed E-state index contributed by atoms with van der Waals surface area (Å²) in [5.41, 5.74) is 1.43. The van der Waals surface area contributed by atoms with Gasteiger partial charge in [-0.3, -0.25) is 0 Å². The molecule has 1 aliphatic heterocycles. The molecule has 46 valence electrons. The number of hydrogen-bond donors (Lipinski definition) is 1. The Morgan fingerprint density at radius 3 is 3.00 bits per heavy atom. The summed E-state index contributed by atoms with van der Waals surface area (Å²) >= 11 is 0. The van der Waals surface area contributed by atoms with Crippen molar-refractivity contribution in [1.29, 1.82) is 0 Å². The normalized spacial score (nSPS) is 19.4. The van der Waals surface area contributed by atoms with Crippen molar-refractivity contribution in [3.63, 3.8) is 0 Å². The second kappa shape index (κ2) is 2.75. The number of allylic oxidation sites excluding steroid dienone is 2. The van der Waals surface area contributed by atoms with Crippen molar-refractivity contribution in [2.45, 2.75) is 26.2 Å². The Bertz CT molecular complexity index is 94.6. The Morgan fingerprint density at radius 2 is 2.62 bits per heavy atom. The minimum Gasteiger partial charge on any atom is -0.389 e. The third-order valence-electron chi connectivity index (χ3n) is 1.50. The van der Waals surface area contributed by atoms with Crippen LogP contribution in [-0.4, -0.2) is 6.54 Å². The molecule has 0 radical (unpaired) electrons. The Balaban J connectivity index is 2.37. The second-order valence-corrected chi connectivity index (χ2v) is 2.15. The van der Waals surface area contributed by atoms with E-state index in [1.165, 1.54) is 31.5 Å². The Kier molecular flexibility index (Phi) is 1.95. The summed E-state index contributed by atoms with van der Waals surface area (Å²) < 4.78 is 0. The molecule has 0 aliphatic carbocycles. The fraction of sp³-hybridized carbons (Fsp3) is 0.714. The van der Waals surface area contributed by atoms with Crippen molar-refractivity contribution < 1.29 is 0 Å². The lowest BCUT2D eigenvalue weighted by Gasteiger charge is -2.12. The predicted octanol–water partition coefficient (Wildman–Crippen LogP) is 1.66. The van der Waals surface area contributed by atoms with Gasteiger partial charge in [0, 0.05) is 12.2 Å². The van der Waals surface area contributed by atoms with Gasteiger partial charge in [-0.25, -0.2) is 0 Å². The maximum atomic E-state index is 3.33. The Morgan fingerprint density at radius 1 is 1.75 bits per heavy atom. The molecular formula is C7H13N. The Hall–Kier alpha value is -0.460. The maximum absolute atomic E-state index is 3.33. The van der Waals surface area contributed by atoms with E-state index in [9.17, 15) is 0 Å². The Labute approximate surface area is 50.8 Å². The van der Waals surface area contributed by atoms with Crippen LogP contribution < -0.4 is 5.32 Å². The summed E-state index contributed by atoms with van der Waals surface area (Å²) in [5.74, 6) is 0. The monoisotopic (exact) mass is 111 g/mol. The minimum absolute atomic E-state index is 1.17. The quantitative estimate of drug-likeness (QED) is 0.542. The average Bonchev–Trinajstić information content (AvgIpc) is 1.90. The van der Waals surface area contributed by atoms with Crippen LogP contribution in [0.2, 0.25) is 0 Å². The highest BCUT2D eigenvalue weighted by Gasteiger charge is 1.96. The molecule has 0 spiro atoms. The first kappa shape index (κ1) is 5.67. The zero-order chi connectivity index (χ0) is 5.82. The topological polar surface area (TPSA) is 12.0 Å². The molecule has 0 saturated carbocycles. The van der Waals surface area contributed by atoms with Gasteiger partial charge in [0.05, 0.1) is 0 Å². The molecule has 0 bridgehead atoms. The van der Waals surface area contributed by atoms with E-state index in [0.717, 1.165) is 0 Å². The molecule has 0 saturated heterocycles. The lowest BCUT2D eigenvalue weighted by atomic mass is 10.2. The SMILES string of the molecule is CCC1=CCCCN1. The van der Waals surface area contributed by atoms with Gasteiger partial charge in [0.25, 0.3) is 0 Å². The van der Waals surface area contributed by atoms with Gasteiger partial charge in [-0.05, 0) is 19.3 Å². The van der Waals surface area contributed by atoms with E-state index in [0.29, 0.717) is 0 Å². The van der Waals surface area contributed by atoms with Gasteiger partial charge in [-0.15, -0.1) is 0 Å². The van der Waals surface area contributed by atoms with Crippen molar-refractivity contribution in [1.82, 2.24) is 5.32 Å². The molecule has 1 rings (SSSR count). The zero-order valence-corrected chi connectivity index (χ0v) is 5.41. The van der Waals surface area contributed by atoms with Gasteiger partial charge >= 0.3 is 0 Å². The van der Waals surface area contributed by atoms with Crippen LogP contribution in [0.15, 0.2) is 11.8 Å². The molecule has 0 aromatic rings. The molecular weight excluding hydrogens is 98.1 g/mol. The molecule has 0 aromatic heterocycles. The van der Waals surface area contributed by atoms with Crippen LogP contribution in [-0.2, 0) is 0 Å². The molecule has 1 nitrogen and oxygen atoms in total. The largest absolute Gasteiger partial charge is 0.389 e. The van der Waals surface area contributed by atoms with Crippen molar-refractivity contribution in [3.05, 3.63) is 11.8 Å². The number of rotatable bonds is 1. The summed E-state index contributed by atoms with van der Waals surface area (Å²) in [4.78, 5) is 0. The van der Waals surface area contributed by atoms with E-state index in [2.05, 4.69) is 18.3 Å². The van der Waals surface area contributed by atoms with Crippen molar-refractivity contribution in [3.8, 4) is 0 Å². The third-order valence-corrected chi connectivity index (χ3v) is 1.50. The molecule has 1 heterocycles. The summed E-state index contributed by atoms with van der Waals surface area (Å²) in [5, 5.41) is 3.33. The summed E-state index contributed by atoms with van der Waals surface area (Å²) in [6.07, 6.45) is 6.04. The molecule has 0 unspecified atom stereocenters. The highest BCUT2D eigenvalue weighted by Crippen LogP contribution is 2.04. The van der Waals surface area contributed by atoms with Crippen molar-refractivity contribution >= 4 is 0 Å². The van der Waals surface area contributed by atoms with E-state index in [-0.39, 0.29) is 0 Å². The maximum Gasteiger partial charge on any atom is 0.0146 e. The summed E-state index contributed by atoms with van der Waals surface area (Å²) in [6.45, 7) is 3.36. The predicted molar refractivity (Wildman–Crippen MR) is 35.6 cm³/mol. The van der Waals surface area contributed by atoms with Crippen LogP contribution in [0.3, 0.4) is 0 Å². The standard InChI is InChI=1S/C7H13N/c1-2-7-5-3-4-6-8-7/h5,8H,2-4,6H2,1H3. The molecule has 1 heteroatoms. The average molecular weight is 111 g/mol. The minimum atomic E-state index is 1.17. The van der Waals surface area contributed by atoms with Gasteiger partial charge in [-0.1, -0.05) is 13.0 Å². The highest BCUT2D eigenvalue weighted by molar-refractivity contribution is 5.01. The molecule has 8 heavy (non-hydrogen) atoms. The van der Waals surface area contributed by atoms with E-state index < -0.39 is 0 Å². The van der Waals surface area contributed by atoms with Gasteiger partial charge in [0.15, 0.2) is 0 Å². The van der Waals surface area contributed by atoms with Crippen molar-refractivity contribution in [2.24, 2.45) is 0 Å². The van der Waals surface area contributed by atoms with Gasteiger partial charge in [0.2, 0.25) is 0 Å². The smallest absolute Gasteiger partial charge is 0.0146 e. The first-order valence-corrected chi connectivity index (χ1v) is 3.36. The summed E-state index contributed by atoms with van der Waals surface area (Å²) in [6, 6.07) is 0. The second-order valence-electron chi connectivity index (χ2n) is 2.15. The van der Waals surface area contributed by atoms with Crippen LogP contribution in [0.25, 0.3) is 0 Å². The van der Waals surface area contributed by atoms with Crippen LogP contribution in [0.1, 0.15) is 26.2 Å². The third kappa shape index (κ3) is 1.25. The van der Waals surface area contributed by atoms with Gasteiger partial charge < -0.3 is 5.32 Å². The van der Waals surface area contributed by atoms with E-state index in [1.54, 1.807) is 0 Å². The molecule has 1 aliphatic rings. The van der Waals surface area contributed by atoms with Gasteiger partial charge in [0.1, 0.15) is 0 Å². The van der Waals surface area contributed by atoms with Gasteiger partial charge in [-0.2, -0.15) is 0 Å². The van der Waals surface area contributed by atoms with E-state index in [4.69, 9.17) is 0 Å².